The minimum absolute atomic E-state index is 0.187. The van der Waals surface area contributed by atoms with Crippen LogP contribution in [0.15, 0.2) is 59.7 Å². The molecule has 27 heavy (non-hydrogen) atoms. The molecule has 3 aromatic rings. The van der Waals surface area contributed by atoms with Crippen LogP contribution < -0.4 is 10.2 Å². The molecule has 0 bridgehead atoms. The molecule has 0 aliphatic heterocycles. The maximum absolute atomic E-state index is 11.9. The Kier molecular flexibility index (Phi) is 6.11. The molecule has 0 aliphatic carbocycles. The molecule has 8 heteroatoms. The lowest BCUT2D eigenvalue weighted by Gasteiger charge is -2.05. The summed E-state index contributed by atoms with van der Waals surface area (Å²) in [6.45, 7) is 1.63. The molecule has 1 heterocycles. The molecule has 0 saturated heterocycles. The van der Waals surface area contributed by atoms with Crippen molar-refractivity contribution in [2.24, 2.45) is 5.10 Å². The van der Waals surface area contributed by atoms with Crippen LogP contribution in [0.4, 0.5) is 0 Å². The van der Waals surface area contributed by atoms with Crippen molar-refractivity contribution in [1.82, 2.24) is 15.2 Å². The second-order valence-corrected chi connectivity index (χ2v) is 6.37. The lowest BCUT2D eigenvalue weighted by atomic mass is 10.3. The van der Waals surface area contributed by atoms with Gasteiger partial charge in [-0.15, -0.1) is 0 Å². The highest BCUT2D eigenvalue weighted by Crippen LogP contribution is 2.21. The van der Waals surface area contributed by atoms with Crippen LogP contribution in [0.5, 0.6) is 5.75 Å². The zero-order chi connectivity index (χ0) is 19.2. The fourth-order valence-corrected chi connectivity index (χ4v) is 2.81. The van der Waals surface area contributed by atoms with E-state index in [2.05, 4.69) is 15.6 Å². The highest BCUT2D eigenvalue weighted by Gasteiger charge is 2.13. The number of nitrogens with zero attached hydrogens (tertiary/aromatic N) is 3. The van der Waals surface area contributed by atoms with Gasteiger partial charge in [-0.3, -0.25) is 4.79 Å². The van der Waals surface area contributed by atoms with Crippen molar-refractivity contribution in [3.8, 4) is 11.4 Å². The van der Waals surface area contributed by atoms with Crippen molar-refractivity contribution in [1.29, 1.82) is 0 Å². The van der Waals surface area contributed by atoms with Crippen LogP contribution in [0.25, 0.3) is 5.69 Å². The van der Waals surface area contributed by atoms with Crippen molar-refractivity contribution in [3.63, 3.8) is 0 Å². The summed E-state index contributed by atoms with van der Waals surface area (Å²) in [4.78, 5) is 11.9. The predicted octanol–water partition coefficient (Wildman–Crippen LogP) is 4.02. The number of hydrogen-bond acceptors (Lipinski definition) is 4. The van der Waals surface area contributed by atoms with Gasteiger partial charge in [0.2, 0.25) is 0 Å². The largest absolute Gasteiger partial charge is 0.484 e. The second kappa shape index (κ2) is 8.70. The van der Waals surface area contributed by atoms with Crippen LogP contribution in [0.3, 0.4) is 0 Å². The standard InChI is InChI=1S/C19H16Cl2N4O2/c1-13-17(19(21)25(24-13)15-7-3-2-4-8-15)11-22-23-18(26)12-27-16-9-5-6-14(20)10-16/h2-11H,12H2,1H3,(H,23,26)/b22-11+. The van der Waals surface area contributed by atoms with Crippen LogP contribution >= 0.6 is 23.2 Å². The van der Waals surface area contributed by atoms with Crippen LogP contribution in [-0.4, -0.2) is 28.5 Å². The summed E-state index contributed by atoms with van der Waals surface area (Å²) >= 11 is 12.3. The average molecular weight is 403 g/mol. The number of halogens is 2. The van der Waals surface area contributed by atoms with E-state index in [4.69, 9.17) is 27.9 Å². The first-order valence-electron chi connectivity index (χ1n) is 8.05. The molecular formula is C19H16Cl2N4O2. The number of carbonyl (C=O) groups is 1. The first kappa shape index (κ1) is 18.9. The van der Waals surface area contributed by atoms with Gasteiger partial charge in [-0.05, 0) is 37.3 Å². The minimum atomic E-state index is -0.407. The number of para-hydroxylation sites is 1. The van der Waals surface area contributed by atoms with Crippen molar-refractivity contribution < 1.29 is 9.53 Å². The molecule has 0 aliphatic rings. The van der Waals surface area contributed by atoms with Crippen molar-refractivity contribution >= 4 is 35.3 Å². The summed E-state index contributed by atoms with van der Waals surface area (Å²) in [5.74, 6) is 0.0973. The van der Waals surface area contributed by atoms with Gasteiger partial charge < -0.3 is 4.74 Å². The Morgan fingerprint density at radius 1 is 1.22 bits per heavy atom. The van der Waals surface area contributed by atoms with E-state index in [-0.39, 0.29) is 6.61 Å². The molecule has 2 aromatic carbocycles. The highest BCUT2D eigenvalue weighted by atomic mass is 35.5. The van der Waals surface area contributed by atoms with E-state index >= 15 is 0 Å². The van der Waals surface area contributed by atoms with Crippen molar-refractivity contribution in [2.75, 3.05) is 6.61 Å². The highest BCUT2D eigenvalue weighted by molar-refractivity contribution is 6.32. The number of hydrazone groups is 1. The first-order valence-corrected chi connectivity index (χ1v) is 8.81. The fourth-order valence-electron chi connectivity index (χ4n) is 2.30. The molecule has 1 N–H and O–H groups in total. The monoisotopic (exact) mass is 402 g/mol. The quantitative estimate of drug-likeness (QED) is 0.500. The van der Waals surface area contributed by atoms with Gasteiger partial charge in [0.05, 0.1) is 23.2 Å². The smallest absolute Gasteiger partial charge is 0.277 e. The maximum Gasteiger partial charge on any atom is 0.277 e. The predicted molar refractivity (Wildman–Crippen MR) is 106 cm³/mol. The van der Waals surface area contributed by atoms with Gasteiger partial charge in [0, 0.05) is 5.02 Å². The molecule has 3 rings (SSSR count). The van der Waals surface area contributed by atoms with E-state index in [0.29, 0.717) is 27.2 Å². The Morgan fingerprint density at radius 3 is 2.74 bits per heavy atom. The van der Waals surface area contributed by atoms with Crippen LogP contribution in [-0.2, 0) is 4.79 Å². The lowest BCUT2D eigenvalue weighted by molar-refractivity contribution is -0.123. The van der Waals surface area contributed by atoms with Gasteiger partial charge >= 0.3 is 0 Å². The molecule has 6 nitrogen and oxygen atoms in total. The molecular weight excluding hydrogens is 387 g/mol. The van der Waals surface area contributed by atoms with Crippen LogP contribution in [0.1, 0.15) is 11.3 Å². The lowest BCUT2D eigenvalue weighted by Crippen LogP contribution is -2.24. The molecule has 138 valence electrons. The maximum atomic E-state index is 11.9. The van der Waals surface area contributed by atoms with Gasteiger partial charge in [-0.2, -0.15) is 10.2 Å². The Balaban J connectivity index is 1.61. The van der Waals surface area contributed by atoms with Crippen LogP contribution in [0.2, 0.25) is 10.2 Å². The van der Waals surface area contributed by atoms with E-state index in [1.54, 1.807) is 28.9 Å². The molecule has 0 fully saturated rings. The number of aromatic nitrogens is 2. The van der Waals surface area contributed by atoms with Gasteiger partial charge in [0.15, 0.2) is 6.61 Å². The summed E-state index contributed by atoms with van der Waals surface area (Å²) in [6.07, 6.45) is 1.46. The normalized spacial score (nSPS) is 10.9. The molecule has 1 aromatic heterocycles. The summed E-state index contributed by atoms with van der Waals surface area (Å²) in [5, 5.41) is 9.28. The zero-order valence-electron chi connectivity index (χ0n) is 14.4. The van der Waals surface area contributed by atoms with E-state index in [1.165, 1.54) is 6.21 Å². The van der Waals surface area contributed by atoms with Crippen molar-refractivity contribution in [2.45, 2.75) is 6.92 Å². The van der Waals surface area contributed by atoms with E-state index in [9.17, 15) is 4.79 Å². The molecule has 0 saturated carbocycles. The van der Waals surface area contributed by atoms with E-state index in [0.717, 1.165) is 5.69 Å². The summed E-state index contributed by atoms with van der Waals surface area (Å²) in [6, 6.07) is 16.3. The number of amides is 1. The Hall–Kier alpha value is -2.83. The number of nitrogens with one attached hydrogen (secondary N) is 1. The molecule has 0 unspecified atom stereocenters. The number of rotatable bonds is 6. The van der Waals surface area contributed by atoms with Gasteiger partial charge in [0.25, 0.3) is 5.91 Å². The van der Waals surface area contributed by atoms with E-state index in [1.807, 2.05) is 37.3 Å². The minimum Gasteiger partial charge on any atom is -0.484 e. The summed E-state index contributed by atoms with van der Waals surface area (Å²) < 4.78 is 6.96. The number of benzene rings is 2. The third-order valence-corrected chi connectivity index (χ3v) is 4.20. The van der Waals surface area contributed by atoms with Crippen LogP contribution in [0, 0.1) is 6.92 Å². The zero-order valence-corrected chi connectivity index (χ0v) is 15.9. The number of carbonyl (C=O) groups excluding carboxylic acids is 1. The third kappa shape index (κ3) is 4.87. The SMILES string of the molecule is Cc1nn(-c2ccccc2)c(Cl)c1/C=N/NC(=O)COc1cccc(Cl)c1. The summed E-state index contributed by atoms with van der Waals surface area (Å²) in [7, 11) is 0. The molecule has 0 spiro atoms. The topological polar surface area (TPSA) is 68.5 Å². The number of aryl methyl sites for hydroxylation is 1. The summed E-state index contributed by atoms with van der Waals surface area (Å²) in [5.41, 5.74) is 4.55. The molecule has 1 amide bonds. The van der Waals surface area contributed by atoms with E-state index < -0.39 is 5.91 Å². The average Bonchev–Trinajstić information content (AvgIpc) is 2.95. The Labute approximate surface area is 166 Å². The second-order valence-electron chi connectivity index (χ2n) is 5.58. The Morgan fingerprint density at radius 2 is 2.00 bits per heavy atom. The van der Waals surface area contributed by atoms with Crippen molar-refractivity contribution in [3.05, 3.63) is 76.0 Å². The Bertz CT molecular complexity index is 971. The number of ether oxygens (including phenoxy) is 1. The van der Waals surface area contributed by atoms with Gasteiger partial charge in [-0.25, -0.2) is 10.1 Å². The first-order chi connectivity index (χ1) is 13.0. The van der Waals surface area contributed by atoms with Gasteiger partial charge in [-0.1, -0.05) is 47.5 Å². The molecule has 0 atom stereocenters. The third-order valence-electron chi connectivity index (χ3n) is 3.60. The fraction of sp³-hybridized carbons (Fsp3) is 0.105. The number of hydrogen-bond donors (Lipinski definition) is 1. The molecule has 0 radical (unpaired) electrons. The van der Waals surface area contributed by atoms with Gasteiger partial charge in [0.1, 0.15) is 10.9 Å².